The molecule has 0 saturated carbocycles. The first kappa shape index (κ1) is 12.8. The van der Waals surface area contributed by atoms with Crippen molar-refractivity contribution in [3.05, 3.63) is 0 Å². The van der Waals surface area contributed by atoms with Gasteiger partial charge in [-0.25, -0.2) is 8.78 Å². The van der Waals surface area contributed by atoms with Crippen molar-refractivity contribution in [2.24, 2.45) is 0 Å². The standard InChI is InChI=1S/C7H13F2NO.C2H6/c1-10-3-2-6(4-10)11-5-7(8)9;1-2/h6-7H,2-5H2,1H3;1-2H3. The van der Waals surface area contributed by atoms with Gasteiger partial charge < -0.3 is 9.64 Å². The van der Waals surface area contributed by atoms with E-state index in [1.54, 1.807) is 0 Å². The molecular formula is C9H19F2NO. The van der Waals surface area contributed by atoms with Gasteiger partial charge in [0.05, 0.1) is 6.10 Å². The van der Waals surface area contributed by atoms with Crippen LogP contribution in [0.2, 0.25) is 0 Å². The van der Waals surface area contributed by atoms with Crippen LogP contribution in [0.25, 0.3) is 0 Å². The lowest BCUT2D eigenvalue weighted by molar-refractivity contribution is -0.0190. The Morgan fingerprint density at radius 3 is 2.46 bits per heavy atom. The molecule has 1 atom stereocenters. The van der Waals surface area contributed by atoms with Crippen molar-refractivity contribution < 1.29 is 13.5 Å². The third-order valence-corrected chi connectivity index (χ3v) is 1.81. The van der Waals surface area contributed by atoms with Crippen molar-refractivity contribution >= 4 is 0 Å². The first-order valence-electron chi connectivity index (χ1n) is 4.77. The van der Waals surface area contributed by atoms with Gasteiger partial charge in [0, 0.05) is 13.1 Å². The summed E-state index contributed by atoms with van der Waals surface area (Å²) in [4.78, 5) is 2.08. The Hall–Kier alpha value is -0.220. The molecule has 1 aliphatic heterocycles. The summed E-state index contributed by atoms with van der Waals surface area (Å²) in [5.41, 5.74) is 0. The van der Waals surface area contributed by atoms with Crippen molar-refractivity contribution in [1.82, 2.24) is 4.90 Å². The molecule has 2 nitrogen and oxygen atoms in total. The van der Waals surface area contributed by atoms with E-state index >= 15 is 0 Å². The van der Waals surface area contributed by atoms with Gasteiger partial charge in [0.15, 0.2) is 0 Å². The SMILES string of the molecule is CC.CN1CCC(OCC(F)F)C1. The van der Waals surface area contributed by atoms with Crippen molar-refractivity contribution in [2.75, 3.05) is 26.7 Å². The molecule has 1 aliphatic rings. The number of alkyl halides is 2. The average molecular weight is 195 g/mol. The lowest BCUT2D eigenvalue weighted by Crippen LogP contribution is -2.21. The first-order valence-corrected chi connectivity index (χ1v) is 4.77. The van der Waals surface area contributed by atoms with Gasteiger partial charge in [0.1, 0.15) is 6.61 Å². The molecule has 13 heavy (non-hydrogen) atoms. The van der Waals surface area contributed by atoms with Gasteiger partial charge >= 0.3 is 0 Å². The van der Waals surface area contributed by atoms with E-state index in [1.807, 2.05) is 20.9 Å². The number of halogens is 2. The molecule has 0 amide bonds. The summed E-state index contributed by atoms with van der Waals surface area (Å²) < 4.78 is 28.2. The second kappa shape index (κ2) is 7.21. The largest absolute Gasteiger partial charge is 0.371 e. The predicted molar refractivity (Wildman–Crippen MR) is 49.2 cm³/mol. The van der Waals surface area contributed by atoms with Crippen LogP contribution in [0.4, 0.5) is 8.78 Å². The lowest BCUT2D eigenvalue weighted by atomic mass is 10.3. The van der Waals surface area contributed by atoms with Crippen LogP contribution < -0.4 is 0 Å². The molecule has 80 valence electrons. The zero-order valence-electron chi connectivity index (χ0n) is 8.59. The van der Waals surface area contributed by atoms with Crippen LogP contribution in [0, 0.1) is 0 Å². The molecule has 0 aromatic heterocycles. The summed E-state index contributed by atoms with van der Waals surface area (Å²) in [5.74, 6) is 0. The van der Waals surface area contributed by atoms with Crippen LogP contribution in [-0.2, 0) is 4.74 Å². The van der Waals surface area contributed by atoms with Gasteiger partial charge in [-0.3, -0.25) is 0 Å². The Morgan fingerprint density at radius 2 is 2.08 bits per heavy atom. The lowest BCUT2D eigenvalue weighted by Gasteiger charge is -2.10. The van der Waals surface area contributed by atoms with Crippen LogP contribution in [0.3, 0.4) is 0 Å². The number of ether oxygens (including phenoxy) is 1. The molecule has 4 heteroatoms. The molecule has 0 spiro atoms. The Bertz CT molecular complexity index is 122. The average Bonchev–Trinajstić information content (AvgIpc) is 2.52. The topological polar surface area (TPSA) is 12.5 Å². The Morgan fingerprint density at radius 1 is 1.46 bits per heavy atom. The number of hydrogen-bond donors (Lipinski definition) is 0. The van der Waals surface area contributed by atoms with Crippen molar-refractivity contribution in [2.45, 2.75) is 32.8 Å². The highest BCUT2D eigenvalue weighted by Crippen LogP contribution is 2.10. The van der Waals surface area contributed by atoms with Crippen LogP contribution in [-0.4, -0.2) is 44.2 Å². The quantitative estimate of drug-likeness (QED) is 0.683. The van der Waals surface area contributed by atoms with Crippen LogP contribution in [0.5, 0.6) is 0 Å². The summed E-state index contributed by atoms with van der Waals surface area (Å²) >= 11 is 0. The minimum absolute atomic E-state index is 0.0222. The summed E-state index contributed by atoms with van der Waals surface area (Å²) in [5, 5.41) is 0. The molecular weight excluding hydrogens is 176 g/mol. The molecule has 0 bridgehead atoms. The van der Waals surface area contributed by atoms with Gasteiger partial charge in [-0.05, 0) is 13.5 Å². The fourth-order valence-electron chi connectivity index (χ4n) is 1.24. The summed E-state index contributed by atoms with van der Waals surface area (Å²) in [6.45, 7) is 5.32. The summed E-state index contributed by atoms with van der Waals surface area (Å²) in [6, 6.07) is 0. The van der Waals surface area contributed by atoms with Gasteiger partial charge in [-0.1, -0.05) is 13.8 Å². The maximum Gasteiger partial charge on any atom is 0.261 e. The van der Waals surface area contributed by atoms with Crippen LogP contribution >= 0.6 is 0 Å². The Kier molecular flexibility index (Phi) is 7.09. The van der Waals surface area contributed by atoms with Crippen LogP contribution in [0.1, 0.15) is 20.3 Å². The highest BCUT2D eigenvalue weighted by molar-refractivity contribution is 4.72. The van der Waals surface area contributed by atoms with E-state index in [4.69, 9.17) is 4.74 Å². The minimum atomic E-state index is -2.33. The highest BCUT2D eigenvalue weighted by Gasteiger charge is 2.20. The monoisotopic (exact) mass is 195 g/mol. The zero-order valence-corrected chi connectivity index (χ0v) is 8.59. The van der Waals surface area contributed by atoms with E-state index in [-0.39, 0.29) is 6.10 Å². The van der Waals surface area contributed by atoms with E-state index in [0.717, 1.165) is 19.5 Å². The molecule has 1 rings (SSSR count). The van der Waals surface area contributed by atoms with Crippen molar-refractivity contribution in [3.63, 3.8) is 0 Å². The van der Waals surface area contributed by atoms with Crippen LogP contribution in [0.15, 0.2) is 0 Å². The molecule has 1 saturated heterocycles. The molecule has 1 unspecified atom stereocenters. The summed E-state index contributed by atoms with van der Waals surface area (Å²) in [6.07, 6.45) is -1.43. The minimum Gasteiger partial charge on any atom is -0.371 e. The third kappa shape index (κ3) is 5.93. The number of rotatable bonds is 3. The van der Waals surface area contributed by atoms with E-state index in [2.05, 4.69) is 4.90 Å². The molecule has 0 radical (unpaired) electrons. The van der Waals surface area contributed by atoms with E-state index < -0.39 is 13.0 Å². The van der Waals surface area contributed by atoms with E-state index in [9.17, 15) is 8.78 Å². The molecule has 1 heterocycles. The van der Waals surface area contributed by atoms with Gasteiger partial charge in [0.2, 0.25) is 0 Å². The van der Waals surface area contributed by atoms with E-state index in [0.29, 0.717) is 0 Å². The highest BCUT2D eigenvalue weighted by atomic mass is 19.3. The van der Waals surface area contributed by atoms with Gasteiger partial charge in [-0.15, -0.1) is 0 Å². The molecule has 0 aromatic carbocycles. The second-order valence-electron chi connectivity index (χ2n) is 2.90. The fourth-order valence-corrected chi connectivity index (χ4v) is 1.24. The van der Waals surface area contributed by atoms with Gasteiger partial charge in [-0.2, -0.15) is 0 Å². The molecule has 0 aromatic rings. The van der Waals surface area contributed by atoms with Crippen molar-refractivity contribution in [1.29, 1.82) is 0 Å². The molecule has 1 fully saturated rings. The number of likely N-dealkylation sites (N-methyl/N-ethyl adjacent to an activating group) is 1. The maximum absolute atomic E-state index is 11.6. The van der Waals surface area contributed by atoms with Crippen molar-refractivity contribution in [3.8, 4) is 0 Å². The Labute approximate surface area is 78.9 Å². The first-order chi connectivity index (χ1) is 6.18. The van der Waals surface area contributed by atoms with E-state index in [1.165, 1.54) is 0 Å². The Balaban J connectivity index is 0.000000671. The second-order valence-corrected chi connectivity index (χ2v) is 2.90. The molecule has 0 N–H and O–H groups in total. The molecule has 0 aliphatic carbocycles. The fraction of sp³-hybridized carbons (Fsp3) is 1.00. The normalized spacial score (nSPS) is 23.1. The smallest absolute Gasteiger partial charge is 0.261 e. The number of nitrogens with zero attached hydrogens (tertiary/aromatic N) is 1. The predicted octanol–water partition coefficient (Wildman–Crippen LogP) is 2.00. The number of likely N-dealkylation sites (tertiary alicyclic amines) is 1. The number of hydrogen-bond acceptors (Lipinski definition) is 2. The van der Waals surface area contributed by atoms with Gasteiger partial charge in [0.25, 0.3) is 6.43 Å². The summed E-state index contributed by atoms with van der Waals surface area (Å²) in [7, 11) is 1.96. The maximum atomic E-state index is 11.6. The zero-order chi connectivity index (χ0) is 10.3. The third-order valence-electron chi connectivity index (χ3n) is 1.81.